The van der Waals surface area contributed by atoms with E-state index in [0.717, 1.165) is 6.07 Å². The Kier molecular flexibility index (Phi) is 4.49. The first-order chi connectivity index (χ1) is 12.0. The molecule has 0 bridgehead atoms. The number of benzene rings is 2. The second-order valence-electron chi connectivity index (χ2n) is 5.13. The minimum Gasteiger partial charge on any atom is -0.508 e. The summed E-state index contributed by atoms with van der Waals surface area (Å²) >= 11 is 5.67. The highest BCUT2D eigenvalue weighted by Crippen LogP contribution is 2.19. The SMILES string of the molecule is O=C(N/N=C/c1ccc(O)cc1)c1c[nH]c2cc(Cl)c(F)cc2c1=O. The van der Waals surface area contributed by atoms with Gasteiger partial charge in [-0.15, -0.1) is 0 Å². The number of hydrogen-bond donors (Lipinski definition) is 3. The number of aromatic hydroxyl groups is 1. The monoisotopic (exact) mass is 359 g/mol. The molecule has 0 spiro atoms. The molecule has 3 N–H and O–H groups in total. The fourth-order valence-corrected chi connectivity index (χ4v) is 2.33. The Labute approximate surface area is 145 Å². The fourth-order valence-electron chi connectivity index (χ4n) is 2.17. The van der Waals surface area contributed by atoms with Gasteiger partial charge in [-0.1, -0.05) is 11.6 Å². The molecular formula is C17H11ClFN3O3. The third-order valence-electron chi connectivity index (χ3n) is 3.44. The average Bonchev–Trinajstić information content (AvgIpc) is 2.59. The van der Waals surface area contributed by atoms with E-state index >= 15 is 0 Å². The molecule has 1 heterocycles. The minimum absolute atomic E-state index is 0.0112. The number of phenols is 1. The van der Waals surface area contributed by atoms with Gasteiger partial charge < -0.3 is 10.1 Å². The van der Waals surface area contributed by atoms with Crippen molar-refractivity contribution < 1.29 is 14.3 Å². The van der Waals surface area contributed by atoms with E-state index < -0.39 is 17.2 Å². The first kappa shape index (κ1) is 16.7. The molecule has 0 fully saturated rings. The molecule has 0 saturated carbocycles. The number of aromatic nitrogens is 1. The summed E-state index contributed by atoms with van der Waals surface area (Å²) in [6.07, 6.45) is 2.57. The number of hydrazone groups is 1. The van der Waals surface area contributed by atoms with Crippen molar-refractivity contribution >= 4 is 34.6 Å². The number of aromatic amines is 1. The van der Waals surface area contributed by atoms with Crippen LogP contribution in [0, 0.1) is 5.82 Å². The van der Waals surface area contributed by atoms with Gasteiger partial charge in [0.05, 0.1) is 16.8 Å². The van der Waals surface area contributed by atoms with Gasteiger partial charge in [0.15, 0.2) is 0 Å². The van der Waals surface area contributed by atoms with Gasteiger partial charge in [0, 0.05) is 11.6 Å². The molecule has 0 unspecified atom stereocenters. The summed E-state index contributed by atoms with van der Waals surface area (Å²) in [6, 6.07) is 8.39. The number of carbonyl (C=O) groups is 1. The van der Waals surface area contributed by atoms with Gasteiger partial charge in [0.25, 0.3) is 5.91 Å². The molecule has 1 amide bonds. The number of carbonyl (C=O) groups excluding carboxylic acids is 1. The summed E-state index contributed by atoms with van der Waals surface area (Å²) in [7, 11) is 0. The number of nitrogens with zero attached hydrogens (tertiary/aromatic N) is 1. The number of H-pyrrole nitrogens is 1. The lowest BCUT2D eigenvalue weighted by atomic mass is 10.1. The number of phenolic OH excluding ortho intramolecular Hbond substituents is 1. The van der Waals surface area contributed by atoms with Gasteiger partial charge in [0.1, 0.15) is 17.1 Å². The molecule has 0 aliphatic carbocycles. The van der Waals surface area contributed by atoms with Crippen LogP contribution in [0.3, 0.4) is 0 Å². The van der Waals surface area contributed by atoms with Crippen molar-refractivity contribution in [1.82, 2.24) is 10.4 Å². The van der Waals surface area contributed by atoms with Crippen LogP contribution in [-0.2, 0) is 0 Å². The van der Waals surface area contributed by atoms with Gasteiger partial charge >= 0.3 is 0 Å². The van der Waals surface area contributed by atoms with Gasteiger partial charge in [-0.25, -0.2) is 9.82 Å². The van der Waals surface area contributed by atoms with Crippen molar-refractivity contribution in [2.45, 2.75) is 0 Å². The minimum atomic E-state index is -0.748. The van der Waals surface area contributed by atoms with E-state index in [9.17, 15) is 19.1 Å². The molecule has 8 heteroatoms. The maximum Gasteiger partial charge on any atom is 0.276 e. The zero-order valence-electron chi connectivity index (χ0n) is 12.6. The number of halogens is 2. The molecule has 0 aliphatic heterocycles. The number of pyridine rings is 1. The van der Waals surface area contributed by atoms with Crippen LogP contribution in [-0.4, -0.2) is 22.2 Å². The topological polar surface area (TPSA) is 94.5 Å². The standard InChI is InChI=1S/C17H11ClFN3O3/c18-13-6-15-11(5-14(13)19)16(24)12(8-20-15)17(25)22-21-7-9-1-3-10(23)4-2-9/h1-8,23H,(H,20,24)(H,22,25)/b21-7+. The molecule has 1 aromatic heterocycles. The molecule has 0 radical (unpaired) electrons. The van der Waals surface area contributed by atoms with E-state index in [4.69, 9.17) is 11.6 Å². The van der Waals surface area contributed by atoms with E-state index in [1.165, 1.54) is 30.6 Å². The average molecular weight is 360 g/mol. The second kappa shape index (κ2) is 6.74. The first-order valence-corrected chi connectivity index (χ1v) is 7.46. The van der Waals surface area contributed by atoms with Crippen LogP contribution in [0.1, 0.15) is 15.9 Å². The van der Waals surface area contributed by atoms with Crippen LogP contribution >= 0.6 is 11.6 Å². The van der Waals surface area contributed by atoms with E-state index in [2.05, 4.69) is 15.5 Å². The highest BCUT2D eigenvalue weighted by atomic mass is 35.5. The number of nitrogens with one attached hydrogen (secondary N) is 2. The summed E-state index contributed by atoms with van der Waals surface area (Å²) < 4.78 is 13.6. The molecule has 0 saturated heterocycles. The maximum atomic E-state index is 13.6. The molecule has 2 aromatic carbocycles. The van der Waals surface area contributed by atoms with Crippen molar-refractivity contribution in [3.05, 3.63) is 74.8 Å². The number of rotatable bonds is 3. The Hall–Kier alpha value is -3.19. The third kappa shape index (κ3) is 3.51. The first-order valence-electron chi connectivity index (χ1n) is 7.08. The van der Waals surface area contributed by atoms with Crippen molar-refractivity contribution in [2.24, 2.45) is 5.10 Å². The highest BCUT2D eigenvalue weighted by Gasteiger charge is 2.14. The van der Waals surface area contributed by atoms with Crippen molar-refractivity contribution in [1.29, 1.82) is 0 Å². The zero-order chi connectivity index (χ0) is 18.0. The largest absolute Gasteiger partial charge is 0.508 e. The van der Waals surface area contributed by atoms with Gasteiger partial charge in [-0.2, -0.15) is 5.10 Å². The predicted molar refractivity (Wildman–Crippen MR) is 92.7 cm³/mol. The van der Waals surface area contributed by atoms with Crippen LogP contribution in [0.2, 0.25) is 5.02 Å². The molecule has 25 heavy (non-hydrogen) atoms. The molecule has 3 rings (SSSR count). The van der Waals surface area contributed by atoms with Gasteiger partial charge in [-0.3, -0.25) is 9.59 Å². The third-order valence-corrected chi connectivity index (χ3v) is 3.73. The van der Waals surface area contributed by atoms with Crippen molar-refractivity contribution in [2.75, 3.05) is 0 Å². The van der Waals surface area contributed by atoms with Gasteiger partial charge in [0.2, 0.25) is 5.43 Å². The summed E-state index contributed by atoms with van der Waals surface area (Å²) in [4.78, 5) is 27.2. The van der Waals surface area contributed by atoms with Crippen LogP contribution in [0.4, 0.5) is 4.39 Å². The van der Waals surface area contributed by atoms with E-state index in [1.54, 1.807) is 12.1 Å². The van der Waals surface area contributed by atoms with Gasteiger partial charge in [-0.05, 0) is 42.0 Å². The van der Waals surface area contributed by atoms with Crippen LogP contribution in [0.25, 0.3) is 10.9 Å². The normalized spacial score (nSPS) is 11.1. The molecule has 126 valence electrons. The Morgan fingerprint density at radius 2 is 2.00 bits per heavy atom. The molecule has 0 atom stereocenters. The van der Waals surface area contributed by atoms with E-state index in [1.807, 2.05) is 0 Å². The summed E-state index contributed by atoms with van der Waals surface area (Å²) in [5.74, 6) is -1.38. The molecule has 3 aromatic rings. The Bertz CT molecular complexity index is 1050. The number of hydrogen-bond acceptors (Lipinski definition) is 4. The predicted octanol–water partition coefficient (Wildman–Crippen LogP) is 2.79. The quantitative estimate of drug-likeness (QED) is 0.495. The van der Waals surface area contributed by atoms with E-state index in [0.29, 0.717) is 11.1 Å². The smallest absolute Gasteiger partial charge is 0.276 e. The van der Waals surface area contributed by atoms with Crippen molar-refractivity contribution in [3.8, 4) is 5.75 Å². The number of amides is 1. The summed E-state index contributed by atoms with van der Waals surface area (Å²) in [5, 5.41) is 12.8. The van der Waals surface area contributed by atoms with Crippen LogP contribution < -0.4 is 10.9 Å². The Morgan fingerprint density at radius 1 is 1.28 bits per heavy atom. The summed E-state index contributed by atoms with van der Waals surface area (Å²) in [5.41, 5.74) is 2.33. The van der Waals surface area contributed by atoms with Crippen LogP contribution in [0.5, 0.6) is 5.75 Å². The summed E-state index contributed by atoms with van der Waals surface area (Å²) in [6.45, 7) is 0. The second-order valence-corrected chi connectivity index (χ2v) is 5.54. The Balaban J connectivity index is 1.84. The lowest BCUT2D eigenvalue weighted by molar-refractivity contribution is 0.0954. The molecule has 0 aliphatic rings. The van der Waals surface area contributed by atoms with Crippen LogP contribution in [0.15, 0.2) is 52.5 Å². The lowest BCUT2D eigenvalue weighted by Gasteiger charge is -2.03. The van der Waals surface area contributed by atoms with Crippen molar-refractivity contribution in [3.63, 3.8) is 0 Å². The fraction of sp³-hybridized carbons (Fsp3) is 0. The maximum absolute atomic E-state index is 13.6. The highest BCUT2D eigenvalue weighted by molar-refractivity contribution is 6.31. The molecular weight excluding hydrogens is 349 g/mol. The number of fused-ring (bicyclic) bond motifs is 1. The Morgan fingerprint density at radius 3 is 2.72 bits per heavy atom. The zero-order valence-corrected chi connectivity index (χ0v) is 13.3. The molecule has 6 nitrogen and oxygen atoms in total. The lowest BCUT2D eigenvalue weighted by Crippen LogP contribution is -2.25. The van der Waals surface area contributed by atoms with E-state index in [-0.39, 0.29) is 21.7 Å².